The molecular formula is C77H92Cl5N7O10S. The number of aryl methyl sites for hydroxylation is 4. The number of ether oxygens (including phenoxy) is 3. The minimum Gasteiger partial charge on any atom is -0.480 e. The van der Waals surface area contributed by atoms with E-state index >= 15 is 0 Å². The van der Waals surface area contributed by atoms with Crippen molar-refractivity contribution in [1.82, 2.24) is 15.2 Å². The van der Waals surface area contributed by atoms with Gasteiger partial charge in [0.15, 0.2) is 17.9 Å². The topological polar surface area (TPSA) is 205 Å². The van der Waals surface area contributed by atoms with Crippen molar-refractivity contribution < 1.29 is 47.8 Å². The van der Waals surface area contributed by atoms with Gasteiger partial charge in [-0.25, -0.2) is 24.5 Å². The number of hydrazine groups is 1. The molecule has 2 heterocycles. The molecule has 4 atom stereocenters. The quantitative estimate of drug-likeness (QED) is 0.0110. The second kappa shape index (κ2) is 40.5. The van der Waals surface area contributed by atoms with E-state index in [1.807, 2.05) is 57.2 Å². The number of amides is 6. The highest BCUT2D eigenvalue weighted by molar-refractivity contribution is 8.01. The van der Waals surface area contributed by atoms with Gasteiger partial charge in [0.2, 0.25) is 6.23 Å². The summed E-state index contributed by atoms with van der Waals surface area (Å²) in [5.74, 6) is -2.78. The molecule has 536 valence electrons. The zero-order valence-electron chi connectivity index (χ0n) is 58.3. The van der Waals surface area contributed by atoms with E-state index in [2.05, 4.69) is 49.0 Å². The molecule has 0 spiro atoms. The number of aliphatic imine (C=N–C) groups is 1. The number of thioether (sulfide) groups is 1. The Bertz CT molecular complexity index is 3820. The fraction of sp³-hybridized carbons (Fsp3) is 0.429. The van der Waals surface area contributed by atoms with Gasteiger partial charge in [0.05, 0.1) is 49.3 Å². The second-order valence-corrected chi connectivity index (χ2v) is 28.1. The van der Waals surface area contributed by atoms with Gasteiger partial charge in [0, 0.05) is 29.1 Å². The van der Waals surface area contributed by atoms with Gasteiger partial charge >= 0.3 is 12.0 Å². The SMILES string of the molecule is CCCCCCCCCCCCOC(=O)c1ccc(Cl)c(NC(=O)C(C(=O)c2ccc(C)cc2)N2C(=O)C(OCC)N(C)C2=O)c1.CCCCCc1ccc(OC(CC)C(=O)Nc2ccccc2SC2C(=O)N(c3c(Cl)cc(Cl)cc3Cl)NC2=Nc2cc(C)ccc2Cl)c(CCCCC)c1. The number of likely N-dealkylation sites (N-methyl/N-ethyl adjacent to an activating group) is 1. The van der Waals surface area contributed by atoms with Crippen LogP contribution < -0.4 is 25.8 Å². The van der Waals surface area contributed by atoms with Crippen molar-refractivity contribution in [2.75, 3.05) is 35.9 Å². The number of unbranched alkanes of at least 4 members (excludes halogenated alkanes) is 13. The summed E-state index contributed by atoms with van der Waals surface area (Å²) >= 11 is 33.5. The molecule has 6 aromatic rings. The average Bonchev–Trinajstić information content (AvgIpc) is 1.62. The third-order valence-electron chi connectivity index (χ3n) is 16.9. The molecule has 0 radical (unpaired) electrons. The fourth-order valence-electron chi connectivity index (χ4n) is 11.4. The van der Waals surface area contributed by atoms with E-state index in [9.17, 15) is 33.6 Å². The zero-order valence-corrected chi connectivity index (χ0v) is 62.9. The lowest BCUT2D eigenvalue weighted by Gasteiger charge is -2.24. The summed E-state index contributed by atoms with van der Waals surface area (Å²) in [6.45, 7) is 14.4. The van der Waals surface area contributed by atoms with E-state index in [1.54, 1.807) is 31.2 Å². The number of anilines is 3. The number of urea groups is 1. The van der Waals surface area contributed by atoms with Gasteiger partial charge in [-0.15, -0.1) is 11.8 Å². The maximum Gasteiger partial charge on any atom is 0.338 e. The molecule has 0 saturated carbocycles. The normalized spacial score (nSPS) is 15.3. The Kier molecular flexibility index (Phi) is 32.4. The molecule has 2 aliphatic rings. The second-order valence-electron chi connectivity index (χ2n) is 24.9. The number of para-hydroxylation sites is 1. The number of halogens is 5. The molecule has 6 amide bonds. The number of Topliss-reactive ketones (excluding diaryl/α,β-unsaturated/α-hetero) is 1. The van der Waals surface area contributed by atoms with Crippen LogP contribution in [0.15, 0.2) is 125 Å². The first-order valence-corrected chi connectivity index (χ1v) is 37.4. The van der Waals surface area contributed by atoms with E-state index in [0.717, 1.165) is 85.1 Å². The van der Waals surface area contributed by atoms with Gasteiger partial charge in [0.25, 0.3) is 23.6 Å². The number of carbonyl (C=O) groups is 7. The number of rotatable bonds is 36. The first-order chi connectivity index (χ1) is 48.1. The molecule has 100 heavy (non-hydrogen) atoms. The zero-order chi connectivity index (χ0) is 72.4. The third kappa shape index (κ3) is 22.4. The first kappa shape index (κ1) is 80.2. The molecular weight excluding hydrogens is 1390 g/mol. The van der Waals surface area contributed by atoms with Crippen molar-refractivity contribution >= 4 is 140 Å². The van der Waals surface area contributed by atoms with Crippen molar-refractivity contribution in [3.63, 3.8) is 0 Å². The first-order valence-electron chi connectivity index (χ1n) is 34.7. The molecule has 2 saturated heterocycles. The highest BCUT2D eigenvalue weighted by atomic mass is 35.5. The lowest BCUT2D eigenvalue weighted by molar-refractivity contribution is -0.143. The van der Waals surface area contributed by atoms with Crippen LogP contribution in [-0.4, -0.2) is 101 Å². The Morgan fingerprint density at radius 3 is 1.87 bits per heavy atom. The van der Waals surface area contributed by atoms with E-state index in [1.165, 1.54) is 130 Å². The summed E-state index contributed by atoms with van der Waals surface area (Å²) in [4.78, 5) is 102. The summed E-state index contributed by atoms with van der Waals surface area (Å²) < 4.78 is 17.3. The number of carbonyl (C=O) groups excluding carboxylic acids is 7. The number of benzene rings is 6. The van der Waals surface area contributed by atoms with Crippen LogP contribution in [0.25, 0.3) is 0 Å². The Balaban J connectivity index is 0.000000285. The lowest BCUT2D eigenvalue weighted by Crippen LogP contribution is -2.52. The molecule has 17 nitrogen and oxygen atoms in total. The van der Waals surface area contributed by atoms with E-state index in [-0.39, 0.29) is 62.6 Å². The van der Waals surface area contributed by atoms with Crippen molar-refractivity contribution in [3.05, 3.63) is 174 Å². The minimum atomic E-state index is -1.86. The molecule has 4 unspecified atom stereocenters. The van der Waals surface area contributed by atoms with Gasteiger partial charge in [-0.3, -0.25) is 34.3 Å². The molecule has 0 bridgehead atoms. The Hall–Kier alpha value is -7.16. The Labute approximate surface area is 618 Å². The van der Waals surface area contributed by atoms with E-state index < -0.39 is 53.2 Å². The van der Waals surface area contributed by atoms with Gasteiger partial charge in [-0.05, 0) is 137 Å². The van der Waals surface area contributed by atoms with Crippen molar-refractivity contribution in [2.45, 2.75) is 199 Å². The maximum absolute atomic E-state index is 14.2. The van der Waals surface area contributed by atoms with Crippen LogP contribution in [0.3, 0.4) is 0 Å². The van der Waals surface area contributed by atoms with Crippen LogP contribution in [0.4, 0.5) is 27.5 Å². The van der Waals surface area contributed by atoms with Crippen molar-refractivity contribution in [1.29, 1.82) is 0 Å². The Morgan fingerprint density at radius 1 is 0.610 bits per heavy atom. The predicted octanol–water partition coefficient (Wildman–Crippen LogP) is 19.8. The van der Waals surface area contributed by atoms with Gasteiger partial charge in [-0.1, -0.05) is 229 Å². The lowest BCUT2D eigenvalue weighted by atomic mass is 10.00. The number of esters is 1. The molecule has 23 heteroatoms. The minimum absolute atomic E-state index is 0.0237. The highest BCUT2D eigenvalue weighted by Gasteiger charge is 2.52. The summed E-state index contributed by atoms with van der Waals surface area (Å²) in [5, 5.41) is 7.24. The largest absolute Gasteiger partial charge is 0.480 e. The van der Waals surface area contributed by atoms with Gasteiger partial charge in [-0.2, -0.15) is 0 Å². The van der Waals surface area contributed by atoms with Crippen LogP contribution in [0.1, 0.15) is 187 Å². The molecule has 3 N–H and O–H groups in total. The van der Waals surface area contributed by atoms with E-state index in [4.69, 9.17) is 77.2 Å². The van der Waals surface area contributed by atoms with Crippen LogP contribution in [0, 0.1) is 13.8 Å². The predicted molar refractivity (Wildman–Crippen MR) is 405 cm³/mol. The smallest absolute Gasteiger partial charge is 0.338 e. The van der Waals surface area contributed by atoms with Crippen LogP contribution >= 0.6 is 69.8 Å². The standard InChI is InChI=1S/C42H46Cl4N4O3S.C35H46ClN3O7/c1-5-8-10-14-27-19-21-36(28(23-27)15-11-9-6-2)53-35(7-3)41(51)48-33-16-12-13-17-37(33)54-39-40(47-34-22-26(4)18-20-30(34)44)49-50(42(39)52)38-31(45)24-29(43)25-32(38)46;1-5-7-8-9-10-11-12-13-14-15-22-46-34(43)26-20-21-27(36)28(23-26)37-31(41)29(30(40)25-18-16-24(3)17-19-25)39-32(42)33(45-6-2)38(4)35(39)44/h12-13,16-25,35,39H,5-11,14-15H2,1-4H3,(H,47,49)(H,48,51);16-21,23,29,33H,5-15,22H2,1-4H3,(H,37,41). The average molecular weight is 1480 g/mol. The van der Waals surface area contributed by atoms with Crippen LogP contribution in [-0.2, 0) is 41.5 Å². The van der Waals surface area contributed by atoms with E-state index in [0.29, 0.717) is 43.5 Å². The van der Waals surface area contributed by atoms with Crippen LogP contribution in [0.2, 0.25) is 25.1 Å². The highest BCUT2D eigenvalue weighted by Crippen LogP contribution is 2.42. The number of ketones is 1. The molecule has 0 aromatic heterocycles. The van der Waals surface area contributed by atoms with Gasteiger partial charge < -0.3 is 24.8 Å². The molecule has 0 aliphatic carbocycles. The summed E-state index contributed by atoms with van der Waals surface area (Å²) in [5.41, 5.74) is 8.95. The monoisotopic (exact) mass is 1480 g/mol. The van der Waals surface area contributed by atoms with Gasteiger partial charge in [0.1, 0.15) is 22.5 Å². The number of nitrogens with one attached hydrogen (secondary N) is 3. The maximum atomic E-state index is 14.2. The number of hydrogen-bond donors (Lipinski definition) is 3. The number of hydrogen-bond acceptors (Lipinski definition) is 12. The fourth-order valence-corrected chi connectivity index (χ4v) is 13.8. The molecule has 2 fully saturated rings. The molecule has 2 aliphatic heterocycles. The summed E-state index contributed by atoms with van der Waals surface area (Å²) in [6, 6.07) is 30.2. The molecule has 8 rings (SSSR count). The third-order valence-corrected chi connectivity index (χ3v) is 19.7. The van der Waals surface area contributed by atoms with Crippen molar-refractivity contribution in [2.24, 2.45) is 4.99 Å². The van der Waals surface area contributed by atoms with Crippen molar-refractivity contribution in [3.8, 4) is 5.75 Å². The number of imide groups is 1. The summed E-state index contributed by atoms with van der Waals surface area (Å²) in [6.07, 6.45) is 18.8. The Morgan fingerprint density at radius 2 is 1.21 bits per heavy atom. The number of amidine groups is 1. The molecule has 6 aromatic carbocycles. The van der Waals surface area contributed by atoms with Crippen LogP contribution in [0.5, 0.6) is 5.75 Å². The number of nitrogens with zero attached hydrogens (tertiary/aromatic N) is 4. The summed E-state index contributed by atoms with van der Waals surface area (Å²) in [7, 11) is 1.35.